The van der Waals surface area contributed by atoms with Gasteiger partial charge in [-0.15, -0.1) is 0 Å². The average Bonchev–Trinajstić information content (AvgIpc) is 2.37. The highest BCUT2D eigenvalue weighted by Gasteiger charge is 2.16. The molecular weight excluding hydrogens is 234 g/mol. The lowest BCUT2D eigenvalue weighted by atomic mass is 9.99. The summed E-state index contributed by atoms with van der Waals surface area (Å²) in [5, 5.41) is 4.03. The van der Waals surface area contributed by atoms with Crippen LogP contribution in [0.4, 0.5) is 0 Å². The Bertz CT molecular complexity index is 499. The van der Waals surface area contributed by atoms with Crippen molar-refractivity contribution in [2.24, 2.45) is 0 Å². The maximum absolute atomic E-state index is 6.34. The number of halogens is 1. The molecule has 1 aromatic heterocycles. The van der Waals surface area contributed by atoms with E-state index in [2.05, 4.69) is 15.3 Å². The molecule has 1 atom stereocenters. The van der Waals surface area contributed by atoms with Crippen molar-refractivity contribution in [2.75, 3.05) is 7.05 Å². The minimum Gasteiger partial charge on any atom is -0.309 e. The SMILES string of the molecule is CNC(c1cncnc1)c1cccc(C)c1Cl. The quantitative estimate of drug-likeness (QED) is 0.906. The molecule has 1 heterocycles. The Morgan fingerprint density at radius 2 is 1.94 bits per heavy atom. The maximum Gasteiger partial charge on any atom is 0.115 e. The van der Waals surface area contributed by atoms with Gasteiger partial charge in [-0.3, -0.25) is 0 Å². The Morgan fingerprint density at radius 3 is 2.59 bits per heavy atom. The second kappa shape index (κ2) is 5.25. The first kappa shape index (κ1) is 12.0. The molecule has 0 amide bonds. The fraction of sp³-hybridized carbons (Fsp3) is 0.231. The molecule has 2 rings (SSSR count). The number of rotatable bonds is 3. The van der Waals surface area contributed by atoms with Crippen LogP contribution in [0.2, 0.25) is 5.02 Å². The zero-order valence-corrected chi connectivity index (χ0v) is 10.6. The molecule has 0 radical (unpaired) electrons. The van der Waals surface area contributed by atoms with Gasteiger partial charge in [0.05, 0.1) is 6.04 Å². The van der Waals surface area contributed by atoms with Crippen LogP contribution in [0.15, 0.2) is 36.9 Å². The van der Waals surface area contributed by atoms with Gasteiger partial charge in [-0.25, -0.2) is 9.97 Å². The van der Waals surface area contributed by atoms with E-state index in [9.17, 15) is 0 Å². The molecule has 0 saturated carbocycles. The molecule has 4 heteroatoms. The normalized spacial score (nSPS) is 12.4. The van der Waals surface area contributed by atoms with Crippen molar-refractivity contribution in [3.63, 3.8) is 0 Å². The third-order valence-electron chi connectivity index (χ3n) is 2.74. The maximum atomic E-state index is 6.34. The summed E-state index contributed by atoms with van der Waals surface area (Å²) in [5.74, 6) is 0. The van der Waals surface area contributed by atoms with Crippen LogP contribution in [0.25, 0.3) is 0 Å². The molecule has 0 aliphatic heterocycles. The van der Waals surface area contributed by atoms with Gasteiger partial charge in [-0.1, -0.05) is 29.8 Å². The van der Waals surface area contributed by atoms with Gasteiger partial charge in [0.15, 0.2) is 0 Å². The van der Waals surface area contributed by atoms with Gasteiger partial charge in [0.25, 0.3) is 0 Å². The van der Waals surface area contributed by atoms with Crippen molar-refractivity contribution in [1.29, 1.82) is 0 Å². The minimum atomic E-state index is 0.0172. The lowest BCUT2D eigenvalue weighted by Gasteiger charge is -2.18. The molecule has 0 bridgehead atoms. The molecule has 1 aromatic carbocycles. The summed E-state index contributed by atoms with van der Waals surface area (Å²) in [4.78, 5) is 8.07. The zero-order chi connectivity index (χ0) is 12.3. The first-order valence-electron chi connectivity index (χ1n) is 5.41. The first-order chi connectivity index (χ1) is 8.24. The zero-order valence-electron chi connectivity index (χ0n) is 9.81. The highest BCUT2D eigenvalue weighted by molar-refractivity contribution is 6.32. The number of hydrogen-bond acceptors (Lipinski definition) is 3. The van der Waals surface area contributed by atoms with Crippen LogP contribution in [0.3, 0.4) is 0 Å². The molecule has 0 aliphatic carbocycles. The van der Waals surface area contributed by atoms with Gasteiger partial charge in [0.1, 0.15) is 6.33 Å². The van der Waals surface area contributed by atoms with E-state index in [0.29, 0.717) is 0 Å². The van der Waals surface area contributed by atoms with E-state index in [0.717, 1.165) is 21.7 Å². The van der Waals surface area contributed by atoms with Crippen molar-refractivity contribution in [2.45, 2.75) is 13.0 Å². The summed E-state index contributed by atoms with van der Waals surface area (Å²) in [6.07, 6.45) is 5.12. The van der Waals surface area contributed by atoms with Gasteiger partial charge >= 0.3 is 0 Å². The Morgan fingerprint density at radius 1 is 1.24 bits per heavy atom. The van der Waals surface area contributed by atoms with Crippen LogP contribution in [-0.4, -0.2) is 17.0 Å². The second-order valence-electron chi connectivity index (χ2n) is 3.87. The lowest BCUT2D eigenvalue weighted by molar-refractivity contribution is 0.684. The summed E-state index contributed by atoms with van der Waals surface area (Å²) < 4.78 is 0. The molecule has 2 aromatic rings. The molecule has 88 valence electrons. The van der Waals surface area contributed by atoms with Crippen molar-refractivity contribution in [1.82, 2.24) is 15.3 Å². The molecule has 0 fully saturated rings. The topological polar surface area (TPSA) is 37.8 Å². The Labute approximate surface area is 106 Å². The van der Waals surface area contributed by atoms with Crippen LogP contribution in [0.5, 0.6) is 0 Å². The summed E-state index contributed by atoms with van der Waals surface area (Å²) in [6.45, 7) is 2.00. The van der Waals surface area contributed by atoms with Crippen molar-refractivity contribution >= 4 is 11.6 Å². The number of hydrogen-bond donors (Lipinski definition) is 1. The summed E-state index contributed by atoms with van der Waals surface area (Å²) in [6, 6.07) is 6.04. The first-order valence-corrected chi connectivity index (χ1v) is 5.79. The Balaban J connectivity index is 2.46. The fourth-order valence-corrected chi connectivity index (χ4v) is 2.09. The largest absolute Gasteiger partial charge is 0.309 e. The van der Waals surface area contributed by atoms with Gasteiger partial charge in [-0.2, -0.15) is 0 Å². The second-order valence-corrected chi connectivity index (χ2v) is 4.25. The van der Waals surface area contributed by atoms with Gasteiger partial charge in [-0.05, 0) is 25.1 Å². The molecular formula is C13H14ClN3. The number of aryl methyl sites for hydroxylation is 1. The molecule has 0 spiro atoms. The summed E-state index contributed by atoms with van der Waals surface area (Å²) >= 11 is 6.34. The molecule has 1 N–H and O–H groups in total. The standard InChI is InChI=1S/C13H14ClN3/c1-9-4-3-5-11(12(9)14)13(15-2)10-6-16-8-17-7-10/h3-8,13,15H,1-2H3. The summed E-state index contributed by atoms with van der Waals surface area (Å²) in [5.41, 5.74) is 3.12. The van der Waals surface area contributed by atoms with Crippen molar-refractivity contribution in [3.05, 3.63) is 58.6 Å². The molecule has 17 heavy (non-hydrogen) atoms. The monoisotopic (exact) mass is 247 g/mol. The number of nitrogens with one attached hydrogen (secondary N) is 1. The smallest absolute Gasteiger partial charge is 0.115 e. The van der Waals surface area contributed by atoms with Crippen molar-refractivity contribution < 1.29 is 0 Å². The molecule has 3 nitrogen and oxygen atoms in total. The van der Waals surface area contributed by atoms with Crippen LogP contribution < -0.4 is 5.32 Å². The predicted molar refractivity (Wildman–Crippen MR) is 69.1 cm³/mol. The summed E-state index contributed by atoms with van der Waals surface area (Å²) in [7, 11) is 1.90. The number of benzene rings is 1. The van der Waals surface area contributed by atoms with Crippen LogP contribution in [0.1, 0.15) is 22.7 Å². The number of nitrogens with zero attached hydrogens (tertiary/aromatic N) is 2. The van der Waals surface area contributed by atoms with E-state index in [1.165, 1.54) is 6.33 Å². The van der Waals surface area contributed by atoms with Gasteiger partial charge in [0, 0.05) is 23.0 Å². The highest BCUT2D eigenvalue weighted by atomic mass is 35.5. The van der Waals surface area contributed by atoms with Crippen molar-refractivity contribution in [3.8, 4) is 0 Å². The van der Waals surface area contributed by atoms with Gasteiger partial charge in [0.2, 0.25) is 0 Å². The average molecular weight is 248 g/mol. The molecule has 0 saturated heterocycles. The molecule has 1 unspecified atom stereocenters. The Kier molecular flexibility index (Phi) is 3.71. The minimum absolute atomic E-state index is 0.0172. The van der Waals surface area contributed by atoms with E-state index in [1.807, 2.05) is 32.2 Å². The van der Waals surface area contributed by atoms with E-state index in [1.54, 1.807) is 12.4 Å². The van der Waals surface area contributed by atoms with Crippen LogP contribution >= 0.6 is 11.6 Å². The number of aromatic nitrogens is 2. The lowest BCUT2D eigenvalue weighted by Crippen LogP contribution is -2.18. The molecule has 0 aliphatic rings. The van der Waals surface area contributed by atoms with E-state index < -0.39 is 0 Å². The van der Waals surface area contributed by atoms with E-state index >= 15 is 0 Å². The predicted octanol–water partition coefficient (Wildman–Crippen LogP) is 2.75. The Hall–Kier alpha value is -1.45. The van der Waals surface area contributed by atoms with E-state index in [-0.39, 0.29) is 6.04 Å². The fourth-order valence-electron chi connectivity index (χ4n) is 1.85. The van der Waals surface area contributed by atoms with Crippen LogP contribution in [-0.2, 0) is 0 Å². The van der Waals surface area contributed by atoms with Gasteiger partial charge < -0.3 is 5.32 Å². The van der Waals surface area contributed by atoms with E-state index in [4.69, 9.17) is 11.6 Å². The highest BCUT2D eigenvalue weighted by Crippen LogP contribution is 2.29. The van der Waals surface area contributed by atoms with Crippen LogP contribution in [0, 0.1) is 6.92 Å². The third-order valence-corrected chi connectivity index (χ3v) is 3.25. The third kappa shape index (κ3) is 2.46.